The van der Waals surface area contributed by atoms with Gasteiger partial charge in [0, 0.05) is 42.6 Å². The molecule has 34 heavy (non-hydrogen) atoms. The van der Waals surface area contributed by atoms with Gasteiger partial charge in [-0.3, -0.25) is 14.6 Å². The molecule has 0 spiro atoms. The van der Waals surface area contributed by atoms with Crippen LogP contribution in [-0.2, 0) is 22.7 Å². The highest BCUT2D eigenvalue weighted by Gasteiger charge is 2.28. The van der Waals surface area contributed by atoms with Gasteiger partial charge in [-0.15, -0.1) is 11.3 Å². The molecule has 182 valence electrons. The summed E-state index contributed by atoms with van der Waals surface area (Å²) >= 11 is 1.72. The number of thiophene rings is 1. The van der Waals surface area contributed by atoms with E-state index in [1.165, 1.54) is 10.4 Å². The lowest BCUT2D eigenvalue weighted by Crippen LogP contribution is -2.48. The number of carbonyl (C=O) groups is 2. The predicted octanol–water partition coefficient (Wildman–Crippen LogP) is 2.43. The maximum atomic E-state index is 13.3. The Bertz CT molecular complexity index is 1150. The molecule has 1 aromatic carbocycles. The van der Waals surface area contributed by atoms with Gasteiger partial charge in [-0.2, -0.15) is 0 Å². The summed E-state index contributed by atoms with van der Waals surface area (Å²) < 4.78 is 5.40. The molecule has 3 aromatic rings. The fourth-order valence-corrected chi connectivity index (χ4v) is 5.06. The molecule has 4 rings (SSSR count). The molecule has 0 fully saturated rings. The Hall–Kier alpha value is -2.95. The first-order valence-corrected chi connectivity index (χ1v) is 12.4. The van der Waals surface area contributed by atoms with Gasteiger partial charge in [0.05, 0.1) is 25.3 Å². The van der Waals surface area contributed by atoms with E-state index in [2.05, 4.69) is 27.2 Å². The molecule has 2 N–H and O–H groups in total. The zero-order valence-electron chi connectivity index (χ0n) is 20.2. The maximum Gasteiger partial charge on any atom is 0.256 e. The van der Waals surface area contributed by atoms with Gasteiger partial charge in [0.25, 0.3) is 5.91 Å². The molecule has 0 bridgehead atoms. The molecule has 0 aliphatic carbocycles. The maximum absolute atomic E-state index is 13.3. The van der Waals surface area contributed by atoms with Crippen LogP contribution < -0.4 is 15.5 Å². The van der Waals surface area contributed by atoms with Crippen molar-refractivity contribution in [3.8, 4) is 0 Å². The summed E-state index contributed by atoms with van der Waals surface area (Å²) in [5.41, 5.74) is 4.48. The minimum Gasteiger partial charge on any atom is -0.356 e. The smallest absolute Gasteiger partial charge is 0.256 e. The first-order chi connectivity index (χ1) is 16.4. The van der Waals surface area contributed by atoms with Crippen molar-refractivity contribution >= 4 is 39.8 Å². The third-order valence-electron chi connectivity index (χ3n) is 6.15. The number of hydrogen-bond acceptors (Lipinski definition) is 8. The Morgan fingerprint density at radius 3 is 2.79 bits per heavy atom. The number of anilines is 1. The highest BCUT2D eigenvalue weighted by atomic mass is 32.1. The number of benzene rings is 1. The number of nitrogens with one attached hydrogen (secondary N) is 2. The van der Waals surface area contributed by atoms with E-state index in [1.807, 2.05) is 42.8 Å². The van der Waals surface area contributed by atoms with Crippen molar-refractivity contribution in [3.63, 3.8) is 0 Å². The van der Waals surface area contributed by atoms with Crippen LogP contribution in [0.2, 0.25) is 0 Å². The van der Waals surface area contributed by atoms with E-state index in [-0.39, 0.29) is 24.9 Å². The van der Waals surface area contributed by atoms with Crippen LogP contribution in [0.3, 0.4) is 0 Å². The second-order valence-corrected chi connectivity index (χ2v) is 9.57. The first-order valence-electron chi connectivity index (χ1n) is 11.5. The Morgan fingerprint density at radius 1 is 1.21 bits per heavy atom. The molecule has 0 saturated heterocycles. The van der Waals surface area contributed by atoms with Gasteiger partial charge in [-0.1, -0.05) is 12.1 Å². The predicted molar refractivity (Wildman–Crippen MR) is 134 cm³/mol. The van der Waals surface area contributed by atoms with Gasteiger partial charge in [0.1, 0.15) is 0 Å². The van der Waals surface area contributed by atoms with Crippen LogP contribution >= 0.6 is 11.3 Å². The zero-order chi connectivity index (χ0) is 24.2. The molecule has 2 amide bonds. The zero-order valence-corrected chi connectivity index (χ0v) is 21.0. The number of carbonyl (C=O) groups excluding carboxylic acids is 2. The van der Waals surface area contributed by atoms with Gasteiger partial charge < -0.3 is 20.1 Å². The lowest BCUT2D eigenvalue weighted by atomic mass is 10.1. The van der Waals surface area contributed by atoms with Crippen molar-refractivity contribution in [3.05, 3.63) is 45.3 Å². The SMILES string of the molecule is CCNCCNC(=O)CN(CC(=O)N(C)N1Cc2ccsc2C1)c1cc2c(C)noc2cc1C. The largest absolute Gasteiger partial charge is 0.356 e. The molecule has 0 saturated carbocycles. The summed E-state index contributed by atoms with van der Waals surface area (Å²) in [6.45, 7) is 9.56. The van der Waals surface area contributed by atoms with Crippen molar-refractivity contribution in [1.82, 2.24) is 25.8 Å². The minimum absolute atomic E-state index is 0.0721. The Balaban J connectivity index is 1.52. The average Bonchev–Trinajstić information content (AvgIpc) is 3.50. The molecule has 0 atom stereocenters. The molecule has 1 aliphatic heterocycles. The summed E-state index contributed by atoms with van der Waals surface area (Å²) in [7, 11) is 1.80. The van der Waals surface area contributed by atoms with Gasteiger partial charge in [0.15, 0.2) is 5.58 Å². The summed E-state index contributed by atoms with van der Waals surface area (Å²) in [6.07, 6.45) is 0. The summed E-state index contributed by atoms with van der Waals surface area (Å²) in [4.78, 5) is 29.2. The van der Waals surface area contributed by atoms with Crippen LogP contribution in [0.1, 0.15) is 28.6 Å². The van der Waals surface area contributed by atoms with Gasteiger partial charge in [0.2, 0.25) is 5.91 Å². The highest BCUT2D eigenvalue weighted by molar-refractivity contribution is 7.10. The average molecular weight is 485 g/mol. The molecule has 10 heteroatoms. The van der Waals surface area contributed by atoms with Gasteiger partial charge in [-0.05, 0) is 55.1 Å². The lowest BCUT2D eigenvalue weighted by Gasteiger charge is -2.32. The van der Waals surface area contributed by atoms with Crippen LogP contribution in [0.4, 0.5) is 5.69 Å². The highest BCUT2D eigenvalue weighted by Crippen LogP contribution is 2.30. The van der Waals surface area contributed by atoms with Crippen LogP contribution in [0.5, 0.6) is 0 Å². The van der Waals surface area contributed by atoms with Crippen LogP contribution in [0, 0.1) is 13.8 Å². The quantitative estimate of drug-likeness (QED) is 0.427. The Kier molecular flexibility index (Phi) is 7.50. The van der Waals surface area contributed by atoms with Crippen LogP contribution in [0.15, 0.2) is 28.1 Å². The topological polar surface area (TPSA) is 93.9 Å². The second-order valence-electron chi connectivity index (χ2n) is 8.57. The number of aryl methyl sites for hydroxylation is 2. The Labute approximate surface area is 203 Å². The summed E-state index contributed by atoms with van der Waals surface area (Å²) in [5, 5.41) is 16.9. The number of hydrazine groups is 1. The second kappa shape index (κ2) is 10.5. The van der Waals surface area contributed by atoms with Crippen molar-refractivity contribution in [2.75, 3.05) is 44.7 Å². The van der Waals surface area contributed by atoms with Crippen LogP contribution in [-0.4, -0.2) is 66.8 Å². The van der Waals surface area contributed by atoms with Crippen molar-refractivity contribution in [2.45, 2.75) is 33.9 Å². The first kappa shape index (κ1) is 24.2. The standard InChI is InChI=1S/C24H32N6O3S/c1-5-25-7-8-26-23(31)14-29(20-11-19-17(3)27-33-21(19)10-16(20)2)15-24(32)28(4)30-12-18-6-9-34-22(18)13-30/h6,9-11,25H,5,7-8,12-15H2,1-4H3,(H,26,31). The van der Waals surface area contributed by atoms with E-state index in [0.717, 1.165) is 42.0 Å². The normalized spacial score (nSPS) is 13.3. The molecular formula is C24H32N6O3S. The van der Waals surface area contributed by atoms with Gasteiger partial charge >= 0.3 is 0 Å². The van der Waals surface area contributed by atoms with Crippen LogP contribution in [0.25, 0.3) is 11.0 Å². The third kappa shape index (κ3) is 5.24. The number of amides is 2. The number of hydrogen-bond donors (Lipinski definition) is 2. The lowest BCUT2D eigenvalue weighted by molar-refractivity contribution is -0.145. The summed E-state index contributed by atoms with van der Waals surface area (Å²) in [6, 6.07) is 5.98. The van der Waals surface area contributed by atoms with E-state index < -0.39 is 0 Å². The van der Waals surface area contributed by atoms with E-state index in [4.69, 9.17) is 4.52 Å². The molecule has 1 aliphatic rings. The fraction of sp³-hybridized carbons (Fsp3) is 0.458. The number of fused-ring (bicyclic) bond motifs is 2. The number of rotatable bonds is 10. The van der Waals surface area contributed by atoms with Crippen molar-refractivity contribution in [1.29, 1.82) is 0 Å². The van der Waals surface area contributed by atoms with Crippen molar-refractivity contribution < 1.29 is 14.1 Å². The van der Waals surface area contributed by atoms with E-state index in [9.17, 15) is 9.59 Å². The minimum atomic E-state index is -0.127. The molecular weight excluding hydrogens is 452 g/mol. The monoisotopic (exact) mass is 484 g/mol. The fourth-order valence-electron chi connectivity index (χ4n) is 4.16. The molecule has 0 radical (unpaired) electrons. The molecule has 9 nitrogen and oxygen atoms in total. The van der Waals surface area contributed by atoms with E-state index >= 15 is 0 Å². The number of likely N-dealkylation sites (N-methyl/N-ethyl adjacent to an activating group) is 2. The molecule has 2 aromatic heterocycles. The van der Waals surface area contributed by atoms with Gasteiger partial charge in [-0.25, -0.2) is 5.01 Å². The molecule has 3 heterocycles. The van der Waals surface area contributed by atoms with E-state index in [1.54, 1.807) is 23.4 Å². The summed E-state index contributed by atoms with van der Waals surface area (Å²) in [5.74, 6) is -0.199. The molecule has 0 unspecified atom stereocenters. The van der Waals surface area contributed by atoms with Crippen molar-refractivity contribution in [2.24, 2.45) is 0 Å². The number of aromatic nitrogens is 1. The Morgan fingerprint density at radius 2 is 2.03 bits per heavy atom. The van der Waals surface area contributed by atoms with E-state index in [0.29, 0.717) is 18.7 Å². The third-order valence-corrected chi connectivity index (χ3v) is 7.09. The number of nitrogens with zero attached hydrogens (tertiary/aromatic N) is 4.